The van der Waals surface area contributed by atoms with Crippen molar-refractivity contribution >= 4 is 33.1 Å². The summed E-state index contributed by atoms with van der Waals surface area (Å²) < 4.78 is 24.9. The van der Waals surface area contributed by atoms with Gasteiger partial charge in [0.25, 0.3) is 5.91 Å². The SMILES string of the molecule is CC(=O)c1cnc(NC(=O)C(=NOC2CCCC2)c2ccc(S(=O)(=O)C3CC3)cc2)cn1. The molecule has 0 bridgehead atoms. The number of rotatable bonds is 8. The molecule has 2 saturated carbocycles. The number of nitrogens with one attached hydrogen (secondary N) is 1. The Morgan fingerprint density at radius 3 is 2.28 bits per heavy atom. The smallest absolute Gasteiger partial charge is 0.279 e. The molecule has 4 rings (SSSR count). The summed E-state index contributed by atoms with van der Waals surface area (Å²) in [6, 6.07) is 6.08. The van der Waals surface area contributed by atoms with E-state index < -0.39 is 15.7 Å². The van der Waals surface area contributed by atoms with E-state index in [0.717, 1.165) is 25.7 Å². The molecule has 2 aromatic rings. The number of carbonyl (C=O) groups is 2. The topological polar surface area (TPSA) is 128 Å². The van der Waals surface area contributed by atoms with Crippen LogP contribution in [0.25, 0.3) is 0 Å². The lowest BCUT2D eigenvalue weighted by Crippen LogP contribution is -2.25. The molecule has 0 aliphatic heterocycles. The Labute approximate surface area is 186 Å². The molecule has 0 unspecified atom stereocenters. The summed E-state index contributed by atoms with van der Waals surface area (Å²) in [5, 5.41) is 6.40. The maximum atomic E-state index is 13.0. The molecule has 9 nitrogen and oxygen atoms in total. The second-order valence-corrected chi connectivity index (χ2v) is 10.2. The Hall–Kier alpha value is -3.14. The summed E-state index contributed by atoms with van der Waals surface area (Å²) in [7, 11) is -3.33. The normalized spacial score (nSPS) is 17.2. The Morgan fingerprint density at radius 2 is 1.72 bits per heavy atom. The average Bonchev–Trinajstić information content (AvgIpc) is 3.52. The minimum atomic E-state index is -3.33. The van der Waals surface area contributed by atoms with Gasteiger partial charge in [0.15, 0.2) is 27.2 Å². The van der Waals surface area contributed by atoms with E-state index >= 15 is 0 Å². The van der Waals surface area contributed by atoms with E-state index in [-0.39, 0.29) is 39.3 Å². The predicted molar refractivity (Wildman–Crippen MR) is 117 cm³/mol. The third-order valence-electron chi connectivity index (χ3n) is 5.48. The highest BCUT2D eigenvalue weighted by Gasteiger charge is 2.36. The van der Waals surface area contributed by atoms with Gasteiger partial charge in [0.05, 0.1) is 22.5 Å². The van der Waals surface area contributed by atoms with Crippen molar-refractivity contribution in [3.8, 4) is 0 Å². The van der Waals surface area contributed by atoms with Gasteiger partial charge in [0.1, 0.15) is 11.8 Å². The lowest BCUT2D eigenvalue weighted by atomic mass is 10.1. The zero-order chi connectivity index (χ0) is 22.7. The zero-order valence-corrected chi connectivity index (χ0v) is 18.5. The number of anilines is 1. The van der Waals surface area contributed by atoms with Gasteiger partial charge in [-0.05, 0) is 50.7 Å². The molecule has 2 aliphatic rings. The Kier molecular flexibility index (Phi) is 6.31. The number of carbonyl (C=O) groups excluding carboxylic acids is 2. The zero-order valence-electron chi connectivity index (χ0n) is 17.7. The molecule has 32 heavy (non-hydrogen) atoms. The first kappa shape index (κ1) is 22.1. The van der Waals surface area contributed by atoms with Gasteiger partial charge in [0, 0.05) is 12.5 Å². The van der Waals surface area contributed by atoms with Crippen LogP contribution in [0.3, 0.4) is 0 Å². The van der Waals surface area contributed by atoms with E-state index in [1.807, 2.05) is 0 Å². The van der Waals surface area contributed by atoms with E-state index in [1.54, 1.807) is 12.1 Å². The molecule has 1 N–H and O–H groups in total. The summed E-state index contributed by atoms with van der Waals surface area (Å²) in [5.74, 6) is -0.656. The van der Waals surface area contributed by atoms with E-state index in [9.17, 15) is 18.0 Å². The van der Waals surface area contributed by atoms with Crippen LogP contribution in [0.1, 0.15) is 61.5 Å². The Morgan fingerprint density at radius 1 is 1.03 bits per heavy atom. The fourth-order valence-electron chi connectivity index (χ4n) is 3.47. The second-order valence-electron chi connectivity index (χ2n) is 8.02. The Bertz CT molecular complexity index is 1130. The van der Waals surface area contributed by atoms with Crippen LogP contribution in [-0.2, 0) is 19.5 Å². The molecule has 1 heterocycles. The number of sulfone groups is 1. The third-order valence-corrected chi connectivity index (χ3v) is 7.76. The minimum Gasteiger partial charge on any atom is -0.392 e. The molecule has 2 aliphatic carbocycles. The van der Waals surface area contributed by atoms with Crippen LogP contribution in [0, 0.1) is 0 Å². The number of nitrogens with zero attached hydrogens (tertiary/aromatic N) is 3. The predicted octanol–water partition coefficient (Wildman–Crippen LogP) is 2.92. The monoisotopic (exact) mass is 456 g/mol. The minimum absolute atomic E-state index is 0.00437. The summed E-state index contributed by atoms with van der Waals surface area (Å²) in [6.07, 6.45) is 7.71. The molecule has 1 aromatic carbocycles. The van der Waals surface area contributed by atoms with Crippen molar-refractivity contribution in [2.24, 2.45) is 5.16 Å². The van der Waals surface area contributed by atoms with Gasteiger partial charge >= 0.3 is 0 Å². The van der Waals surface area contributed by atoms with Gasteiger partial charge in [0.2, 0.25) is 0 Å². The standard InChI is InChI=1S/C22H24N4O5S/c1-14(27)19-12-24-20(13-23-19)25-22(28)21(26-31-16-4-2-3-5-16)15-6-8-17(9-7-15)32(29,30)18-10-11-18/h6-9,12-13,16,18H,2-5,10-11H2,1H3,(H,24,25,28). The molecule has 0 spiro atoms. The molecule has 0 saturated heterocycles. The first-order valence-corrected chi connectivity index (χ1v) is 12.1. The maximum Gasteiger partial charge on any atom is 0.279 e. The number of oxime groups is 1. The quantitative estimate of drug-likeness (QED) is 0.367. The summed E-state index contributed by atoms with van der Waals surface area (Å²) in [5.41, 5.74) is 0.613. The lowest BCUT2D eigenvalue weighted by Gasteiger charge is -2.11. The third kappa shape index (κ3) is 5.01. The lowest BCUT2D eigenvalue weighted by molar-refractivity contribution is -0.110. The first-order valence-electron chi connectivity index (χ1n) is 10.6. The first-order chi connectivity index (χ1) is 15.3. The van der Waals surface area contributed by atoms with Gasteiger partial charge in [-0.1, -0.05) is 17.3 Å². The van der Waals surface area contributed by atoms with Gasteiger partial charge in [-0.3, -0.25) is 9.59 Å². The van der Waals surface area contributed by atoms with Crippen molar-refractivity contribution in [1.82, 2.24) is 9.97 Å². The average molecular weight is 457 g/mol. The van der Waals surface area contributed by atoms with Crippen LogP contribution in [0.15, 0.2) is 46.7 Å². The highest BCUT2D eigenvalue weighted by Crippen LogP contribution is 2.33. The summed E-state index contributed by atoms with van der Waals surface area (Å²) in [6.45, 7) is 1.38. The fourth-order valence-corrected chi connectivity index (χ4v) is 5.13. The number of hydrogen-bond acceptors (Lipinski definition) is 8. The van der Waals surface area contributed by atoms with Crippen molar-refractivity contribution in [1.29, 1.82) is 0 Å². The van der Waals surface area contributed by atoms with Crippen LogP contribution < -0.4 is 5.32 Å². The molecule has 2 fully saturated rings. The molecular weight excluding hydrogens is 432 g/mol. The largest absolute Gasteiger partial charge is 0.392 e. The Balaban J connectivity index is 1.57. The maximum absolute atomic E-state index is 13.0. The molecule has 1 aromatic heterocycles. The van der Waals surface area contributed by atoms with E-state index in [2.05, 4.69) is 20.4 Å². The van der Waals surface area contributed by atoms with Gasteiger partial charge in [-0.15, -0.1) is 0 Å². The molecule has 0 radical (unpaired) electrons. The van der Waals surface area contributed by atoms with Crippen LogP contribution >= 0.6 is 0 Å². The van der Waals surface area contributed by atoms with Gasteiger partial charge in [-0.2, -0.15) is 0 Å². The summed E-state index contributed by atoms with van der Waals surface area (Å²) >= 11 is 0. The number of hydrogen-bond donors (Lipinski definition) is 1. The van der Waals surface area contributed by atoms with E-state index in [0.29, 0.717) is 18.4 Å². The fraction of sp³-hybridized carbons (Fsp3) is 0.409. The van der Waals surface area contributed by atoms with Crippen LogP contribution in [-0.4, -0.2) is 47.1 Å². The van der Waals surface area contributed by atoms with Crippen molar-refractivity contribution in [3.05, 3.63) is 47.9 Å². The van der Waals surface area contributed by atoms with Crippen LogP contribution in [0.5, 0.6) is 0 Å². The number of Topliss-reactive ketones (excluding diaryl/α,β-unsaturated/α-hetero) is 1. The second kappa shape index (κ2) is 9.15. The highest BCUT2D eigenvalue weighted by molar-refractivity contribution is 7.92. The highest BCUT2D eigenvalue weighted by atomic mass is 32.2. The van der Waals surface area contributed by atoms with E-state index in [1.165, 1.54) is 31.5 Å². The number of benzene rings is 1. The van der Waals surface area contributed by atoms with Crippen molar-refractivity contribution in [2.45, 2.75) is 61.7 Å². The molecule has 1 amide bonds. The van der Waals surface area contributed by atoms with Crippen LogP contribution in [0.2, 0.25) is 0 Å². The molecular formula is C22H24N4O5S. The number of aromatic nitrogens is 2. The number of amides is 1. The summed E-state index contributed by atoms with van der Waals surface area (Å²) in [4.78, 5) is 38.2. The molecule has 10 heteroatoms. The van der Waals surface area contributed by atoms with Crippen molar-refractivity contribution < 1.29 is 22.8 Å². The van der Waals surface area contributed by atoms with E-state index in [4.69, 9.17) is 4.84 Å². The van der Waals surface area contributed by atoms with Gasteiger partial charge in [-0.25, -0.2) is 18.4 Å². The van der Waals surface area contributed by atoms with Crippen LogP contribution in [0.4, 0.5) is 5.82 Å². The molecule has 0 atom stereocenters. The van der Waals surface area contributed by atoms with Crippen molar-refractivity contribution in [3.63, 3.8) is 0 Å². The van der Waals surface area contributed by atoms with Crippen molar-refractivity contribution in [2.75, 3.05) is 5.32 Å². The number of ketones is 1. The molecule has 168 valence electrons. The van der Waals surface area contributed by atoms with Gasteiger partial charge < -0.3 is 10.2 Å².